The fourth-order valence-corrected chi connectivity index (χ4v) is 1.60. The van der Waals surface area contributed by atoms with Crippen LogP contribution in [0.5, 0.6) is 5.75 Å². The Morgan fingerprint density at radius 2 is 2.10 bits per heavy atom. The molecule has 0 heterocycles. The van der Waals surface area contributed by atoms with E-state index < -0.39 is 11.6 Å². The second-order valence-corrected chi connectivity index (χ2v) is 5.56. The number of esters is 1. The van der Waals surface area contributed by atoms with Crippen molar-refractivity contribution < 1.29 is 19.4 Å². The molecule has 0 atom stereocenters. The van der Waals surface area contributed by atoms with Gasteiger partial charge in [0.1, 0.15) is 11.4 Å². The summed E-state index contributed by atoms with van der Waals surface area (Å²) in [5.41, 5.74) is 0.276. The van der Waals surface area contributed by atoms with Gasteiger partial charge in [0.15, 0.2) is 6.61 Å². The molecular formula is C15H19ClO4. The number of benzene rings is 1. The zero-order valence-corrected chi connectivity index (χ0v) is 12.6. The summed E-state index contributed by atoms with van der Waals surface area (Å²) in [6, 6.07) is 5.15. The number of carbonyl (C=O) groups excluding carboxylic acids is 1. The monoisotopic (exact) mass is 298 g/mol. The third-order valence-electron chi connectivity index (χ3n) is 2.14. The number of halogens is 1. The molecule has 0 aromatic heterocycles. The van der Waals surface area contributed by atoms with Crippen molar-refractivity contribution in [3.63, 3.8) is 0 Å². The molecule has 0 amide bonds. The van der Waals surface area contributed by atoms with Gasteiger partial charge >= 0.3 is 5.97 Å². The molecule has 0 saturated carbocycles. The Labute approximate surface area is 124 Å². The van der Waals surface area contributed by atoms with Crippen LogP contribution in [-0.2, 0) is 9.53 Å². The van der Waals surface area contributed by atoms with Crippen molar-refractivity contribution in [1.29, 1.82) is 0 Å². The Bertz CT molecular complexity index is 489. The lowest BCUT2D eigenvalue weighted by atomic mass is 10.2. The quantitative estimate of drug-likeness (QED) is 0.849. The molecule has 0 aliphatic rings. The lowest BCUT2D eigenvalue weighted by molar-refractivity contribution is -0.157. The lowest BCUT2D eigenvalue weighted by Crippen LogP contribution is -2.27. The van der Waals surface area contributed by atoms with Crippen LogP contribution in [0.2, 0.25) is 5.02 Å². The van der Waals surface area contributed by atoms with Crippen molar-refractivity contribution >= 4 is 23.6 Å². The van der Waals surface area contributed by atoms with Gasteiger partial charge in [0.25, 0.3) is 0 Å². The van der Waals surface area contributed by atoms with Crippen molar-refractivity contribution in [2.75, 3.05) is 13.2 Å². The smallest absolute Gasteiger partial charge is 0.344 e. The van der Waals surface area contributed by atoms with Gasteiger partial charge in [-0.1, -0.05) is 29.8 Å². The van der Waals surface area contributed by atoms with Crippen LogP contribution in [0.4, 0.5) is 0 Å². The van der Waals surface area contributed by atoms with E-state index in [2.05, 4.69) is 0 Å². The number of aliphatic hydroxyl groups is 1. The van der Waals surface area contributed by atoms with E-state index in [4.69, 9.17) is 26.2 Å². The Balaban J connectivity index is 2.67. The van der Waals surface area contributed by atoms with Crippen LogP contribution in [0, 0.1) is 0 Å². The first kappa shape index (κ1) is 16.5. The molecule has 1 N–H and O–H groups in total. The highest BCUT2D eigenvalue weighted by Gasteiger charge is 2.17. The average Bonchev–Trinajstić information content (AvgIpc) is 2.34. The van der Waals surface area contributed by atoms with Gasteiger partial charge in [-0.2, -0.15) is 0 Å². The SMILES string of the molecule is CC(C)(C)OC(=O)COc1cc(/C=C/CO)ccc1Cl. The number of hydrogen-bond acceptors (Lipinski definition) is 4. The Morgan fingerprint density at radius 1 is 1.40 bits per heavy atom. The summed E-state index contributed by atoms with van der Waals surface area (Å²) in [5.74, 6) is -0.0533. The number of hydrogen-bond donors (Lipinski definition) is 1. The Kier molecular flexibility index (Phi) is 6.05. The molecule has 1 rings (SSSR count). The molecule has 0 aliphatic heterocycles. The van der Waals surface area contributed by atoms with Crippen molar-refractivity contribution in [2.45, 2.75) is 26.4 Å². The van der Waals surface area contributed by atoms with Crippen molar-refractivity contribution in [1.82, 2.24) is 0 Å². The second-order valence-electron chi connectivity index (χ2n) is 5.15. The molecule has 0 radical (unpaired) electrons. The molecule has 4 nitrogen and oxygen atoms in total. The molecule has 5 heteroatoms. The number of aliphatic hydroxyl groups excluding tert-OH is 1. The predicted octanol–water partition coefficient (Wildman–Crippen LogP) is 3.07. The first-order chi connectivity index (χ1) is 9.31. The van der Waals surface area contributed by atoms with E-state index >= 15 is 0 Å². The maximum atomic E-state index is 11.6. The molecule has 0 saturated heterocycles. The molecule has 1 aromatic rings. The summed E-state index contributed by atoms with van der Waals surface area (Å²) in [7, 11) is 0. The predicted molar refractivity (Wildman–Crippen MR) is 78.9 cm³/mol. The first-order valence-corrected chi connectivity index (χ1v) is 6.61. The number of rotatable bonds is 5. The van der Waals surface area contributed by atoms with Gasteiger partial charge in [0.2, 0.25) is 0 Å². The van der Waals surface area contributed by atoms with Crippen molar-refractivity contribution in [2.24, 2.45) is 0 Å². The van der Waals surface area contributed by atoms with E-state index in [0.717, 1.165) is 5.56 Å². The van der Waals surface area contributed by atoms with Crippen molar-refractivity contribution in [3.05, 3.63) is 34.9 Å². The highest BCUT2D eigenvalue weighted by Crippen LogP contribution is 2.26. The average molecular weight is 299 g/mol. The maximum absolute atomic E-state index is 11.6. The minimum atomic E-state index is -0.546. The molecule has 0 fully saturated rings. The number of carbonyl (C=O) groups is 1. The standard InChI is InChI=1S/C15H19ClO4/c1-15(2,3)20-14(18)10-19-13-9-11(5-4-8-17)6-7-12(13)16/h4-7,9,17H,8,10H2,1-3H3/b5-4+. The summed E-state index contributed by atoms with van der Waals surface area (Å²) in [5, 5.41) is 9.14. The summed E-state index contributed by atoms with van der Waals surface area (Å²) in [4.78, 5) is 11.6. The highest BCUT2D eigenvalue weighted by atomic mass is 35.5. The van der Waals surface area contributed by atoms with E-state index in [1.807, 2.05) is 0 Å². The maximum Gasteiger partial charge on any atom is 0.344 e. The largest absolute Gasteiger partial charge is 0.480 e. The van der Waals surface area contributed by atoms with Crippen LogP contribution in [-0.4, -0.2) is 29.9 Å². The molecule has 20 heavy (non-hydrogen) atoms. The normalized spacial score (nSPS) is 11.7. The third-order valence-corrected chi connectivity index (χ3v) is 2.45. The van der Waals surface area contributed by atoms with Gasteiger partial charge in [-0.15, -0.1) is 0 Å². The molecule has 0 unspecified atom stereocenters. The number of ether oxygens (including phenoxy) is 2. The van der Waals surface area contributed by atoms with E-state index in [9.17, 15) is 4.79 Å². The van der Waals surface area contributed by atoms with Crippen LogP contribution >= 0.6 is 11.6 Å². The summed E-state index contributed by atoms with van der Waals surface area (Å²) in [6.07, 6.45) is 3.33. The van der Waals surface area contributed by atoms with Crippen LogP contribution in [0.25, 0.3) is 6.08 Å². The zero-order valence-electron chi connectivity index (χ0n) is 11.9. The first-order valence-electron chi connectivity index (χ1n) is 6.23. The molecule has 0 bridgehead atoms. The van der Waals surface area contributed by atoms with Gasteiger partial charge in [-0.05, 0) is 38.5 Å². The highest BCUT2D eigenvalue weighted by molar-refractivity contribution is 6.32. The van der Waals surface area contributed by atoms with E-state index in [0.29, 0.717) is 10.8 Å². The van der Waals surface area contributed by atoms with E-state index in [1.54, 1.807) is 51.1 Å². The summed E-state index contributed by atoms with van der Waals surface area (Å²) in [6.45, 7) is 5.12. The summed E-state index contributed by atoms with van der Waals surface area (Å²) >= 11 is 6.00. The Morgan fingerprint density at radius 3 is 2.70 bits per heavy atom. The van der Waals surface area contributed by atoms with Gasteiger partial charge < -0.3 is 14.6 Å². The van der Waals surface area contributed by atoms with Gasteiger partial charge in [0, 0.05) is 0 Å². The second kappa shape index (κ2) is 7.31. The molecular weight excluding hydrogens is 280 g/mol. The molecule has 1 aromatic carbocycles. The minimum Gasteiger partial charge on any atom is -0.480 e. The van der Waals surface area contributed by atoms with Gasteiger partial charge in [-0.25, -0.2) is 4.79 Å². The topological polar surface area (TPSA) is 55.8 Å². The summed E-state index contributed by atoms with van der Waals surface area (Å²) < 4.78 is 10.5. The van der Waals surface area contributed by atoms with Gasteiger partial charge in [0.05, 0.1) is 11.6 Å². The van der Waals surface area contributed by atoms with Gasteiger partial charge in [-0.3, -0.25) is 0 Å². The van der Waals surface area contributed by atoms with Crippen LogP contribution in [0.15, 0.2) is 24.3 Å². The van der Waals surface area contributed by atoms with E-state index in [-0.39, 0.29) is 13.2 Å². The minimum absolute atomic E-state index is 0.0449. The van der Waals surface area contributed by atoms with Crippen LogP contribution in [0.3, 0.4) is 0 Å². The fourth-order valence-electron chi connectivity index (χ4n) is 1.43. The van der Waals surface area contributed by atoms with E-state index in [1.165, 1.54) is 0 Å². The lowest BCUT2D eigenvalue weighted by Gasteiger charge is -2.19. The Hall–Kier alpha value is -1.52. The van der Waals surface area contributed by atoms with Crippen molar-refractivity contribution in [3.8, 4) is 5.75 Å². The third kappa shape index (κ3) is 6.08. The van der Waals surface area contributed by atoms with Crippen LogP contribution < -0.4 is 4.74 Å². The fraction of sp³-hybridized carbons (Fsp3) is 0.400. The molecule has 110 valence electrons. The zero-order chi connectivity index (χ0) is 15.2. The molecule has 0 aliphatic carbocycles. The molecule has 0 spiro atoms. The van der Waals surface area contributed by atoms with Crippen LogP contribution in [0.1, 0.15) is 26.3 Å².